The van der Waals surface area contributed by atoms with Crippen molar-refractivity contribution in [1.29, 1.82) is 5.26 Å². The third-order valence-corrected chi connectivity index (χ3v) is 7.22. The first-order valence-electron chi connectivity index (χ1n) is 12.2. The van der Waals surface area contributed by atoms with Crippen molar-refractivity contribution in [2.24, 2.45) is 0 Å². The lowest BCUT2D eigenvalue weighted by Crippen LogP contribution is -2.34. The van der Waals surface area contributed by atoms with Gasteiger partial charge in [0, 0.05) is 29.3 Å². The Labute approximate surface area is 204 Å². The van der Waals surface area contributed by atoms with Crippen LogP contribution in [0.15, 0.2) is 66.7 Å². The summed E-state index contributed by atoms with van der Waals surface area (Å²) in [6.45, 7) is 0.727. The third kappa shape index (κ3) is 3.88. The second kappa shape index (κ2) is 9.01. The SMILES string of the molecule is N#Cc1ccc2c(c1)c(-c1cccc(N(C=O)C3Cc4ccccc4C3)c1)nn2C1CCCCO1. The summed E-state index contributed by atoms with van der Waals surface area (Å²) >= 11 is 0. The van der Waals surface area contributed by atoms with Crippen molar-refractivity contribution in [3.8, 4) is 17.3 Å². The lowest BCUT2D eigenvalue weighted by atomic mass is 10.0. The maximum absolute atomic E-state index is 12.3. The number of hydrogen-bond donors (Lipinski definition) is 0. The Balaban J connectivity index is 1.40. The predicted molar refractivity (Wildman–Crippen MR) is 135 cm³/mol. The van der Waals surface area contributed by atoms with Crippen molar-refractivity contribution < 1.29 is 9.53 Å². The lowest BCUT2D eigenvalue weighted by molar-refractivity contribution is -0.107. The first kappa shape index (κ1) is 21.6. The highest BCUT2D eigenvalue weighted by atomic mass is 16.5. The number of fused-ring (bicyclic) bond motifs is 2. The zero-order valence-corrected chi connectivity index (χ0v) is 19.4. The minimum atomic E-state index is -0.111. The van der Waals surface area contributed by atoms with Crippen LogP contribution in [0.4, 0.5) is 5.69 Å². The molecule has 6 nitrogen and oxygen atoms in total. The molecule has 6 heteroatoms. The lowest BCUT2D eigenvalue weighted by Gasteiger charge is -2.25. The largest absolute Gasteiger partial charge is 0.356 e. The first-order valence-corrected chi connectivity index (χ1v) is 12.2. The maximum Gasteiger partial charge on any atom is 0.214 e. The van der Waals surface area contributed by atoms with Crippen LogP contribution in [0.3, 0.4) is 0 Å². The van der Waals surface area contributed by atoms with Gasteiger partial charge in [-0.1, -0.05) is 36.4 Å². The van der Waals surface area contributed by atoms with E-state index >= 15 is 0 Å². The van der Waals surface area contributed by atoms with Gasteiger partial charge in [0.05, 0.1) is 17.1 Å². The summed E-state index contributed by atoms with van der Waals surface area (Å²) in [7, 11) is 0. The molecule has 1 unspecified atom stereocenters. The van der Waals surface area contributed by atoms with E-state index in [1.807, 2.05) is 52.0 Å². The van der Waals surface area contributed by atoms with E-state index in [2.05, 4.69) is 30.3 Å². The van der Waals surface area contributed by atoms with Crippen molar-refractivity contribution in [2.75, 3.05) is 11.5 Å². The standard InChI is InChI=1S/C29H26N4O2/c30-18-20-11-12-27-26(14-20)29(31-33(27)28-10-3-4-13-35-28)23-8-5-9-24(17-23)32(19-34)25-15-21-6-1-2-7-22(21)16-25/h1-2,5-9,11-12,14,17,19,25,28H,3-4,10,13,15-16H2. The van der Waals surface area contributed by atoms with Gasteiger partial charge in [-0.3, -0.25) is 4.79 Å². The van der Waals surface area contributed by atoms with Gasteiger partial charge in [-0.25, -0.2) is 4.68 Å². The van der Waals surface area contributed by atoms with Crippen LogP contribution in [0.2, 0.25) is 0 Å². The maximum atomic E-state index is 12.3. The third-order valence-electron chi connectivity index (χ3n) is 7.22. The second-order valence-electron chi connectivity index (χ2n) is 9.35. The molecular formula is C29H26N4O2. The van der Waals surface area contributed by atoms with Crippen molar-refractivity contribution in [3.63, 3.8) is 0 Å². The van der Waals surface area contributed by atoms with Gasteiger partial charge in [0.25, 0.3) is 0 Å². The molecule has 35 heavy (non-hydrogen) atoms. The molecule has 174 valence electrons. The molecule has 0 bridgehead atoms. The van der Waals surface area contributed by atoms with Crippen LogP contribution in [0.25, 0.3) is 22.2 Å². The van der Waals surface area contributed by atoms with Crippen LogP contribution in [0.5, 0.6) is 0 Å². The Morgan fingerprint density at radius 1 is 1.03 bits per heavy atom. The average Bonchev–Trinajstić information content (AvgIpc) is 3.51. The molecule has 3 aromatic carbocycles. The number of aromatic nitrogens is 2. The van der Waals surface area contributed by atoms with Crippen LogP contribution in [0.1, 0.15) is 42.2 Å². The number of hydrogen-bond acceptors (Lipinski definition) is 4. The van der Waals surface area contributed by atoms with Gasteiger partial charge >= 0.3 is 0 Å². The summed E-state index contributed by atoms with van der Waals surface area (Å²) in [5.74, 6) is 0. The highest BCUT2D eigenvalue weighted by Crippen LogP contribution is 2.35. The van der Waals surface area contributed by atoms with Gasteiger partial charge in [-0.2, -0.15) is 10.4 Å². The number of carbonyl (C=O) groups is 1. The average molecular weight is 463 g/mol. The van der Waals surface area contributed by atoms with Gasteiger partial charge in [0.2, 0.25) is 6.41 Å². The fourth-order valence-corrected chi connectivity index (χ4v) is 5.46. The molecule has 0 spiro atoms. The number of rotatable bonds is 5. The topological polar surface area (TPSA) is 71.2 Å². The molecule has 1 aromatic heterocycles. The van der Waals surface area contributed by atoms with Gasteiger partial charge in [0.15, 0.2) is 6.23 Å². The normalized spacial score (nSPS) is 17.7. The van der Waals surface area contributed by atoms with Crippen LogP contribution in [-0.4, -0.2) is 28.8 Å². The fraction of sp³-hybridized carbons (Fsp3) is 0.276. The summed E-state index contributed by atoms with van der Waals surface area (Å²) in [5.41, 5.74) is 6.73. The predicted octanol–water partition coefficient (Wildman–Crippen LogP) is 5.40. The molecule has 1 amide bonds. The van der Waals surface area contributed by atoms with Crippen molar-refractivity contribution in [2.45, 2.75) is 44.4 Å². The van der Waals surface area contributed by atoms with E-state index in [0.29, 0.717) is 5.56 Å². The van der Waals surface area contributed by atoms with Crippen LogP contribution in [-0.2, 0) is 22.4 Å². The van der Waals surface area contributed by atoms with E-state index in [1.54, 1.807) is 0 Å². The smallest absolute Gasteiger partial charge is 0.214 e. The number of ether oxygens (including phenoxy) is 1. The Morgan fingerprint density at radius 3 is 2.57 bits per heavy atom. The molecule has 4 aromatic rings. The zero-order valence-electron chi connectivity index (χ0n) is 19.4. The molecule has 2 aliphatic rings. The Bertz CT molecular complexity index is 1420. The molecule has 1 atom stereocenters. The number of anilines is 1. The van der Waals surface area contributed by atoms with E-state index in [1.165, 1.54) is 11.1 Å². The molecule has 0 N–H and O–H groups in total. The molecule has 2 heterocycles. The number of nitrogens with zero attached hydrogens (tertiary/aromatic N) is 4. The summed E-state index contributed by atoms with van der Waals surface area (Å²) in [5, 5.41) is 15.4. The molecule has 1 aliphatic carbocycles. The first-order chi connectivity index (χ1) is 17.2. The molecule has 0 radical (unpaired) electrons. The minimum absolute atomic E-state index is 0.0929. The van der Waals surface area contributed by atoms with Crippen LogP contribution >= 0.6 is 0 Å². The summed E-state index contributed by atoms with van der Waals surface area (Å²) in [6, 6.07) is 24.4. The van der Waals surface area contributed by atoms with Crippen LogP contribution in [0, 0.1) is 11.3 Å². The summed E-state index contributed by atoms with van der Waals surface area (Å²) in [4.78, 5) is 14.1. The highest BCUT2D eigenvalue weighted by molar-refractivity contribution is 5.95. The minimum Gasteiger partial charge on any atom is -0.356 e. The number of nitriles is 1. The Morgan fingerprint density at radius 2 is 1.86 bits per heavy atom. The van der Waals surface area contributed by atoms with E-state index in [-0.39, 0.29) is 12.3 Å². The number of benzene rings is 3. The van der Waals surface area contributed by atoms with E-state index < -0.39 is 0 Å². The van der Waals surface area contributed by atoms with E-state index in [4.69, 9.17) is 9.84 Å². The Hall–Kier alpha value is -3.95. The second-order valence-corrected chi connectivity index (χ2v) is 9.35. The molecular weight excluding hydrogens is 436 g/mol. The van der Waals surface area contributed by atoms with E-state index in [0.717, 1.165) is 73.0 Å². The van der Waals surface area contributed by atoms with Gasteiger partial charge in [0.1, 0.15) is 5.69 Å². The molecule has 6 rings (SSSR count). The van der Waals surface area contributed by atoms with Crippen molar-refractivity contribution in [1.82, 2.24) is 9.78 Å². The summed E-state index contributed by atoms with van der Waals surface area (Å²) in [6.07, 6.45) is 5.61. The van der Waals surface area contributed by atoms with Crippen molar-refractivity contribution in [3.05, 3.63) is 83.4 Å². The molecule has 1 aliphatic heterocycles. The molecule has 1 fully saturated rings. The quantitative estimate of drug-likeness (QED) is 0.372. The molecule has 0 saturated carbocycles. The van der Waals surface area contributed by atoms with E-state index in [9.17, 15) is 10.1 Å². The highest BCUT2D eigenvalue weighted by Gasteiger charge is 2.27. The van der Waals surface area contributed by atoms with Crippen molar-refractivity contribution >= 4 is 23.0 Å². The van der Waals surface area contributed by atoms with Gasteiger partial charge in [-0.15, -0.1) is 0 Å². The monoisotopic (exact) mass is 462 g/mol. The number of amides is 1. The zero-order chi connectivity index (χ0) is 23.8. The molecule has 1 saturated heterocycles. The Kier molecular flexibility index (Phi) is 5.55. The van der Waals surface area contributed by atoms with Gasteiger partial charge < -0.3 is 9.64 Å². The fourth-order valence-electron chi connectivity index (χ4n) is 5.46. The van der Waals surface area contributed by atoms with Gasteiger partial charge in [-0.05, 0) is 73.6 Å². The van der Waals surface area contributed by atoms with Crippen LogP contribution < -0.4 is 4.90 Å². The summed E-state index contributed by atoms with van der Waals surface area (Å²) < 4.78 is 8.00. The number of carbonyl (C=O) groups excluding carboxylic acids is 1.